The highest BCUT2D eigenvalue weighted by Crippen LogP contribution is 2.39. The molecule has 0 aromatic rings. The Bertz CT molecular complexity index is 303. The van der Waals surface area contributed by atoms with E-state index in [4.69, 9.17) is 11.2 Å². The number of aldehydes is 1. The number of hydrogen-bond donors (Lipinski definition) is 0. The fourth-order valence-electron chi connectivity index (χ4n) is 2.47. The summed E-state index contributed by atoms with van der Waals surface area (Å²) in [4.78, 5) is 21.5. The maximum atomic E-state index is 11.1. The van der Waals surface area contributed by atoms with Crippen molar-refractivity contribution >= 4 is 12.3 Å². The van der Waals surface area contributed by atoms with E-state index in [1.54, 1.807) is 0 Å². The molecule has 3 heteroatoms. The topological polar surface area (TPSA) is 43.4 Å². The summed E-state index contributed by atoms with van der Waals surface area (Å²) in [6.07, 6.45) is 11.3. The molecule has 0 aromatic heterocycles. The minimum absolute atomic E-state index is 0.125. The van der Waals surface area contributed by atoms with E-state index in [2.05, 4.69) is 5.92 Å². The third-order valence-electron chi connectivity index (χ3n) is 3.21. The highest BCUT2D eigenvalue weighted by Gasteiger charge is 2.41. The Hall–Kier alpha value is -1.30. The molecule has 0 amide bonds. The third kappa shape index (κ3) is 2.85. The number of esters is 1. The zero-order chi connectivity index (χ0) is 12.0. The lowest BCUT2D eigenvalue weighted by atomic mass is 9.73. The van der Waals surface area contributed by atoms with Crippen LogP contribution in [0.25, 0.3) is 0 Å². The number of carbonyl (C=O) groups is 2. The van der Waals surface area contributed by atoms with Crippen LogP contribution in [-0.2, 0) is 14.3 Å². The van der Waals surface area contributed by atoms with Crippen molar-refractivity contribution in [3.63, 3.8) is 0 Å². The zero-order valence-electron chi connectivity index (χ0n) is 9.70. The number of hydrogen-bond acceptors (Lipinski definition) is 3. The highest BCUT2D eigenvalue weighted by atomic mass is 16.6. The molecule has 0 bridgehead atoms. The van der Waals surface area contributed by atoms with Crippen LogP contribution in [0.3, 0.4) is 0 Å². The van der Waals surface area contributed by atoms with Gasteiger partial charge in [-0.2, -0.15) is 0 Å². The van der Waals surface area contributed by atoms with E-state index in [0.29, 0.717) is 19.3 Å². The molecule has 3 nitrogen and oxygen atoms in total. The predicted molar refractivity (Wildman–Crippen MR) is 60.6 cm³/mol. The van der Waals surface area contributed by atoms with Crippen molar-refractivity contribution in [2.45, 2.75) is 51.0 Å². The molecule has 0 spiro atoms. The van der Waals surface area contributed by atoms with Crippen LogP contribution in [0.1, 0.15) is 45.4 Å². The van der Waals surface area contributed by atoms with Crippen molar-refractivity contribution in [3.05, 3.63) is 0 Å². The van der Waals surface area contributed by atoms with Crippen molar-refractivity contribution in [3.8, 4) is 12.3 Å². The van der Waals surface area contributed by atoms with E-state index in [1.807, 2.05) is 0 Å². The van der Waals surface area contributed by atoms with Gasteiger partial charge in [-0.1, -0.05) is 12.3 Å². The van der Waals surface area contributed by atoms with Gasteiger partial charge in [-0.25, -0.2) is 0 Å². The van der Waals surface area contributed by atoms with E-state index in [9.17, 15) is 9.59 Å². The van der Waals surface area contributed by atoms with Crippen molar-refractivity contribution in [2.24, 2.45) is 5.92 Å². The van der Waals surface area contributed by atoms with E-state index < -0.39 is 5.60 Å². The number of rotatable bonds is 4. The normalized spacial score (nSPS) is 29.1. The quantitative estimate of drug-likeness (QED) is 0.415. The van der Waals surface area contributed by atoms with E-state index >= 15 is 0 Å². The standard InChI is InChI=1S/C13H18O3/c1-3-13(16-11(2)15)9-5-4-7-12(13)8-6-10-14/h1,10,12H,4-9H2,2H3. The van der Waals surface area contributed by atoms with Crippen molar-refractivity contribution < 1.29 is 14.3 Å². The second-order valence-electron chi connectivity index (χ2n) is 4.31. The Morgan fingerprint density at radius 3 is 2.94 bits per heavy atom. The van der Waals surface area contributed by atoms with Gasteiger partial charge in [0.1, 0.15) is 6.29 Å². The van der Waals surface area contributed by atoms with Gasteiger partial charge in [-0.15, -0.1) is 6.42 Å². The third-order valence-corrected chi connectivity index (χ3v) is 3.21. The maximum Gasteiger partial charge on any atom is 0.304 e. The summed E-state index contributed by atoms with van der Waals surface area (Å²) < 4.78 is 5.35. The lowest BCUT2D eigenvalue weighted by Crippen LogP contribution is -2.43. The van der Waals surface area contributed by atoms with Gasteiger partial charge in [-0.3, -0.25) is 4.79 Å². The monoisotopic (exact) mass is 222 g/mol. The van der Waals surface area contributed by atoms with Crippen LogP contribution in [0.5, 0.6) is 0 Å². The van der Waals surface area contributed by atoms with Gasteiger partial charge in [0.15, 0.2) is 5.60 Å². The minimum atomic E-state index is -0.771. The van der Waals surface area contributed by atoms with Crippen LogP contribution in [0, 0.1) is 18.3 Å². The van der Waals surface area contributed by atoms with Gasteiger partial charge >= 0.3 is 5.97 Å². The lowest BCUT2D eigenvalue weighted by molar-refractivity contribution is -0.159. The fraction of sp³-hybridized carbons (Fsp3) is 0.692. The van der Waals surface area contributed by atoms with Crippen LogP contribution in [0.2, 0.25) is 0 Å². The molecule has 0 heterocycles. The second-order valence-corrected chi connectivity index (χ2v) is 4.31. The van der Waals surface area contributed by atoms with Crippen molar-refractivity contribution in [2.75, 3.05) is 0 Å². The average molecular weight is 222 g/mol. The molecule has 0 aliphatic heterocycles. The summed E-state index contributed by atoms with van der Waals surface area (Å²) in [5.41, 5.74) is -0.771. The summed E-state index contributed by atoms with van der Waals surface area (Å²) in [6.45, 7) is 1.38. The van der Waals surface area contributed by atoms with Gasteiger partial charge in [0.05, 0.1) is 0 Å². The Morgan fingerprint density at radius 2 is 2.38 bits per heavy atom. The van der Waals surface area contributed by atoms with Crippen LogP contribution in [0.4, 0.5) is 0 Å². The molecule has 0 aromatic carbocycles. The summed E-state index contributed by atoms with van der Waals surface area (Å²) in [5, 5.41) is 0. The number of terminal acetylenes is 1. The molecule has 1 fully saturated rings. The van der Waals surface area contributed by atoms with Crippen LogP contribution < -0.4 is 0 Å². The first-order valence-corrected chi connectivity index (χ1v) is 5.75. The highest BCUT2D eigenvalue weighted by molar-refractivity contribution is 5.67. The molecule has 0 saturated heterocycles. The van der Waals surface area contributed by atoms with Crippen LogP contribution in [0.15, 0.2) is 0 Å². The molecule has 1 aliphatic carbocycles. The Labute approximate surface area is 96.5 Å². The Morgan fingerprint density at radius 1 is 1.62 bits per heavy atom. The van der Waals surface area contributed by atoms with Gasteiger partial charge < -0.3 is 9.53 Å². The summed E-state index contributed by atoms with van der Waals surface area (Å²) in [6, 6.07) is 0. The molecule has 1 rings (SSSR count). The molecular weight excluding hydrogens is 204 g/mol. The van der Waals surface area contributed by atoms with E-state index in [-0.39, 0.29) is 11.9 Å². The molecular formula is C13H18O3. The molecule has 16 heavy (non-hydrogen) atoms. The van der Waals surface area contributed by atoms with Crippen LogP contribution in [-0.4, -0.2) is 17.9 Å². The number of carbonyl (C=O) groups excluding carboxylic acids is 2. The minimum Gasteiger partial charge on any atom is -0.446 e. The second kappa shape index (κ2) is 5.69. The summed E-state index contributed by atoms with van der Waals surface area (Å²) in [5.74, 6) is 2.44. The van der Waals surface area contributed by atoms with Gasteiger partial charge in [0.2, 0.25) is 0 Å². The fourth-order valence-corrected chi connectivity index (χ4v) is 2.47. The zero-order valence-corrected chi connectivity index (χ0v) is 9.70. The lowest BCUT2D eigenvalue weighted by Gasteiger charge is -2.39. The summed E-state index contributed by atoms with van der Waals surface area (Å²) >= 11 is 0. The van der Waals surface area contributed by atoms with Gasteiger partial charge in [-0.05, 0) is 25.7 Å². The smallest absolute Gasteiger partial charge is 0.304 e. The molecule has 2 unspecified atom stereocenters. The van der Waals surface area contributed by atoms with E-state index in [1.165, 1.54) is 6.92 Å². The predicted octanol–water partition coefficient (Wildman–Crippen LogP) is 2.09. The molecule has 0 N–H and O–H groups in total. The first-order chi connectivity index (χ1) is 7.64. The SMILES string of the molecule is C#CC1(OC(C)=O)CCCCC1CCC=O. The van der Waals surface area contributed by atoms with Crippen LogP contribution >= 0.6 is 0 Å². The Kier molecular flexibility index (Phi) is 4.54. The van der Waals surface area contributed by atoms with Crippen molar-refractivity contribution in [1.29, 1.82) is 0 Å². The average Bonchev–Trinajstić information content (AvgIpc) is 2.27. The Balaban J connectivity index is 2.79. The first-order valence-electron chi connectivity index (χ1n) is 5.75. The molecule has 0 radical (unpaired) electrons. The van der Waals surface area contributed by atoms with Gasteiger partial charge in [0.25, 0.3) is 0 Å². The largest absolute Gasteiger partial charge is 0.446 e. The van der Waals surface area contributed by atoms with Crippen molar-refractivity contribution in [1.82, 2.24) is 0 Å². The molecule has 1 aliphatic rings. The van der Waals surface area contributed by atoms with E-state index in [0.717, 1.165) is 25.5 Å². The molecule has 1 saturated carbocycles. The first kappa shape index (κ1) is 12.8. The summed E-state index contributed by atoms with van der Waals surface area (Å²) in [7, 11) is 0. The number of ether oxygens (including phenoxy) is 1. The molecule has 88 valence electrons. The maximum absolute atomic E-state index is 11.1. The molecule has 2 atom stereocenters. The van der Waals surface area contributed by atoms with Gasteiger partial charge in [0, 0.05) is 19.3 Å².